The molecule has 0 saturated heterocycles. The largest absolute Gasteiger partial charge is 0.489 e. The first-order valence-electron chi connectivity index (χ1n) is 9.57. The van der Waals surface area contributed by atoms with Gasteiger partial charge in [0.1, 0.15) is 12.4 Å². The van der Waals surface area contributed by atoms with Crippen LogP contribution in [0, 0.1) is 13.8 Å². The predicted octanol–water partition coefficient (Wildman–Crippen LogP) is 7.12. The maximum Gasteiger partial charge on any atom is 0.418 e. The molecule has 30 heavy (non-hydrogen) atoms. The van der Waals surface area contributed by atoms with Crippen molar-refractivity contribution in [2.45, 2.75) is 26.6 Å². The van der Waals surface area contributed by atoms with Gasteiger partial charge in [0.05, 0.1) is 11.1 Å². The number of para-hydroxylation sites is 1. The van der Waals surface area contributed by atoms with Gasteiger partial charge in [0.25, 0.3) is 0 Å². The van der Waals surface area contributed by atoms with E-state index in [0.717, 1.165) is 33.9 Å². The summed E-state index contributed by atoms with van der Waals surface area (Å²) in [5.74, 6) is 0.658. The smallest absolute Gasteiger partial charge is 0.418 e. The molecule has 0 saturated carbocycles. The Bertz CT molecular complexity index is 1210. The fourth-order valence-corrected chi connectivity index (χ4v) is 3.64. The molecule has 1 heterocycles. The number of fused-ring (bicyclic) bond motifs is 1. The van der Waals surface area contributed by atoms with Crippen molar-refractivity contribution < 1.29 is 17.9 Å². The summed E-state index contributed by atoms with van der Waals surface area (Å²) >= 11 is 0. The molecule has 0 radical (unpaired) electrons. The average Bonchev–Trinajstić information content (AvgIpc) is 2.71. The van der Waals surface area contributed by atoms with Crippen molar-refractivity contribution >= 4 is 10.9 Å². The predicted molar refractivity (Wildman–Crippen MR) is 112 cm³/mol. The number of rotatable bonds is 4. The lowest BCUT2D eigenvalue weighted by Gasteiger charge is -2.15. The minimum absolute atomic E-state index is 0.0447. The zero-order valence-corrected chi connectivity index (χ0v) is 16.6. The number of ether oxygens (including phenoxy) is 1. The molecule has 152 valence electrons. The van der Waals surface area contributed by atoms with Crippen molar-refractivity contribution in [2.24, 2.45) is 0 Å². The van der Waals surface area contributed by atoms with Gasteiger partial charge in [-0.15, -0.1) is 0 Å². The van der Waals surface area contributed by atoms with E-state index in [9.17, 15) is 13.2 Å². The highest BCUT2D eigenvalue weighted by Gasteiger charge is 2.33. The molecule has 0 unspecified atom stereocenters. The lowest BCUT2D eigenvalue weighted by molar-refractivity contribution is -0.136. The molecule has 0 atom stereocenters. The summed E-state index contributed by atoms with van der Waals surface area (Å²) < 4.78 is 46.3. The van der Waals surface area contributed by atoms with Crippen LogP contribution in [0.1, 0.15) is 22.3 Å². The fourth-order valence-electron chi connectivity index (χ4n) is 3.64. The van der Waals surface area contributed by atoms with Crippen LogP contribution in [0.4, 0.5) is 13.2 Å². The molecule has 5 heteroatoms. The third kappa shape index (κ3) is 4.01. The van der Waals surface area contributed by atoms with Crippen molar-refractivity contribution in [3.8, 4) is 16.9 Å². The van der Waals surface area contributed by atoms with Gasteiger partial charge in [-0.05, 0) is 54.3 Å². The fraction of sp³-hybridized carbons (Fsp3) is 0.160. The van der Waals surface area contributed by atoms with E-state index in [2.05, 4.69) is 11.1 Å². The topological polar surface area (TPSA) is 22.1 Å². The summed E-state index contributed by atoms with van der Waals surface area (Å²) in [5, 5.41) is 0.473. The Morgan fingerprint density at radius 3 is 2.43 bits per heavy atom. The summed E-state index contributed by atoms with van der Waals surface area (Å²) in [6, 6.07) is 19.7. The Kier molecular flexibility index (Phi) is 5.20. The summed E-state index contributed by atoms with van der Waals surface area (Å²) in [4.78, 5) is 4.09. The molecule has 0 N–H and O–H groups in total. The van der Waals surface area contributed by atoms with Crippen LogP contribution in [-0.2, 0) is 12.8 Å². The summed E-state index contributed by atoms with van der Waals surface area (Å²) in [6.07, 6.45) is -2.97. The van der Waals surface area contributed by atoms with Crippen LogP contribution in [0.3, 0.4) is 0 Å². The van der Waals surface area contributed by atoms with Crippen molar-refractivity contribution in [3.05, 3.63) is 95.2 Å². The first kappa shape index (κ1) is 20.0. The first-order chi connectivity index (χ1) is 14.3. The number of hydrogen-bond acceptors (Lipinski definition) is 2. The molecule has 2 nitrogen and oxygen atoms in total. The van der Waals surface area contributed by atoms with Crippen molar-refractivity contribution in [2.75, 3.05) is 0 Å². The monoisotopic (exact) mass is 407 g/mol. The van der Waals surface area contributed by atoms with Gasteiger partial charge in [-0.3, -0.25) is 4.98 Å². The molecule has 4 rings (SSSR count). The van der Waals surface area contributed by atoms with E-state index in [-0.39, 0.29) is 5.52 Å². The van der Waals surface area contributed by atoms with Gasteiger partial charge < -0.3 is 4.74 Å². The molecule has 0 aliphatic carbocycles. The summed E-state index contributed by atoms with van der Waals surface area (Å²) in [7, 11) is 0. The van der Waals surface area contributed by atoms with Gasteiger partial charge in [-0.2, -0.15) is 13.2 Å². The number of benzene rings is 3. The number of nitrogens with zero attached hydrogens (tertiary/aromatic N) is 1. The van der Waals surface area contributed by atoms with Crippen LogP contribution in [-0.4, -0.2) is 4.98 Å². The lowest BCUT2D eigenvalue weighted by Crippen LogP contribution is -2.07. The Morgan fingerprint density at radius 1 is 0.900 bits per heavy atom. The highest BCUT2D eigenvalue weighted by molar-refractivity contribution is 5.97. The maximum atomic E-state index is 13.4. The third-order valence-corrected chi connectivity index (χ3v) is 5.00. The second-order valence-electron chi connectivity index (χ2n) is 7.32. The zero-order valence-electron chi connectivity index (χ0n) is 16.6. The number of hydrogen-bond donors (Lipinski definition) is 0. The maximum absolute atomic E-state index is 13.4. The highest BCUT2D eigenvalue weighted by atomic mass is 19.4. The number of alkyl halides is 3. The van der Waals surface area contributed by atoms with Crippen molar-refractivity contribution in [1.29, 1.82) is 0 Å². The minimum atomic E-state index is -4.46. The van der Waals surface area contributed by atoms with Crippen LogP contribution >= 0.6 is 0 Å². The van der Waals surface area contributed by atoms with E-state index in [0.29, 0.717) is 17.7 Å². The van der Waals surface area contributed by atoms with Crippen LogP contribution < -0.4 is 4.74 Å². The summed E-state index contributed by atoms with van der Waals surface area (Å²) in [6.45, 7) is 4.29. The van der Waals surface area contributed by atoms with E-state index in [1.54, 1.807) is 6.07 Å². The van der Waals surface area contributed by atoms with Gasteiger partial charge in [-0.25, -0.2) is 0 Å². The SMILES string of the molecule is Cc1cccc(COc2cccc(-c3c(C)cnc4c(C(F)(F)F)cccc34)c2)c1. The lowest BCUT2D eigenvalue weighted by atomic mass is 9.95. The molecular formula is C25H20F3NO. The molecule has 0 bridgehead atoms. The quantitative estimate of drug-likeness (QED) is 0.359. The van der Waals surface area contributed by atoms with Crippen molar-refractivity contribution in [3.63, 3.8) is 0 Å². The van der Waals surface area contributed by atoms with Gasteiger partial charge in [0.2, 0.25) is 0 Å². The van der Waals surface area contributed by atoms with Gasteiger partial charge in [0, 0.05) is 11.6 Å². The highest BCUT2D eigenvalue weighted by Crippen LogP contribution is 2.38. The Labute approximate surface area is 173 Å². The second kappa shape index (κ2) is 7.82. The van der Waals surface area contributed by atoms with E-state index in [1.165, 1.54) is 12.3 Å². The number of halogens is 3. The van der Waals surface area contributed by atoms with Crippen LogP contribution in [0.2, 0.25) is 0 Å². The molecule has 4 aromatic rings. The number of pyridine rings is 1. The molecule has 0 aliphatic rings. The summed E-state index contributed by atoms with van der Waals surface area (Å²) in [5.41, 5.74) is 3.76. The number of aromatic nitrogens is 1. The minimum Gasteiger partial charge on any atom is -0.489 e. The van der Waals surface area contributed by atoms with E-state index in [4.69, 9.17) is 4.74 Å². The third-order valence-electron chi connectivity index (χ3n) is 5.00. The Morgan fingerprint density at radius 2 is 1.67 bits per heavy atom. The van der Waals surface area contributed by atoms with Crippen LogP contribution in [0.5, 0.6) is 5.75 Å². The Hall–Kier alpha value is -3.34. The Balaban J connectivity index is 1.74. The van der Waals surface area contributed by atoms with Crippen LogP contribution in [0.15, 0.2) is 72.9 Å². The van der Waals surface area contributed by atoms with Gasteiger partial charge in [0.15, 0.2) is 0 Å². The standard InChI is InChI=1S/C25H20F3NO/c1-16-6-3-7-18(12-16)15-30-20-9-4-8-19(13-20)23-17(2)14-29-24-21(23)10-5-11-22(24)25(26,27)28/h3-14H,15H2,1-2H3. The zero-order chi connectivity index (χ0) is 21.3. The molecule has 0 amide bonds. The van der Waals surface area contributed by atoms with Crippen LogP contribution in [0.25, 0.3) is 22.0 Å². The second-order valence-corrected chi connectivity index (χ2v) is 7.32. The normalized spacial score (nSPS) is 11.6. The molecule has 0 spiro atoms. The molecular weight excluding hydrogens is 387 g/mol. The first-order valence-corrected chi connectivity index (χ1v) is 9.57. The molecule has 3 aromatic carbocycles. The van der Waals surface area contributed by atoms with Gasteiger partial charge in [-0.1, -0.05) is 54.1 Å². The molecule has 0 aliphatic heterocycles. The molecule has 1 aromatic heterocycles. The van der Waals surface area contributed by atoms with Gasteiger partial charge >= 0.3 is 6.18 Å². The van der Waals surface area contributed by atoms with E-state index in [1.807, 2.05) is 56.3 Å². The molecule has 0 fully saturated rings. The average molecular weight is 407 g/mol. The van der Waals surface area contributed by atoms with E-state index < -0.39 is 11.7 Å². The van der Waals surface area contributed by atoms with E-state index >= 15 is 0 Å². The van der Waals surface area contributed by atoms with Crippen molar-refractivity contribution in [1.82, 2.24) is 4.98 Å². The number of aryl methyl sites for hydroxylation is 2.